The van der Waals surface area contributed by atoms with E-state index in [0.29, 0.717) is 26.6 Å². The molecule has 0 saturated carbocycles. The third-order valence-corrected chi connectivity index (χ3v) is 6.41. The Morgan fingerprint density at radius 1 is 1.13 bits per heavy atom. The minimum atomic E-state index is -0.643. The van der Waals surface area contributed by atoms with Crippen molar-refractivity contribution < 1.29 is 9.18 Å². The fourth-order valence-electron chi connectivity index (χ4n) is 3.32. The molecule has 2 aromatic heterocycles. The summed E-state index contributed by atoms with van der Waals surface area (Å²) in [7, 11) is 0. The number of fused-ring (bicyclic) bond motifs is 1. The Morgan fingerprint density at radius 2 is 1.84 bits per heavy atom. The van der Waals surface area contributed by atoms with Gasteiger partial charge in [-0.15, -0.1) is 11.3 Å². The number of carbonyl (C=O) groups is 1. The maximum absolute atomic E-state index is 13.3. The molecule has 31 heavy (non-hydrogen) atoms. The second kappa shape index (κ2) is 8.13. The fraction of sp³-hybridized carbons (Fsp3) is 0.136. The molecule has 1 N–H and O–H groups in total. The van der Waals surface area contributed by atoms with Crippen LogP contribution in [0.15, 0.2) is 58.1 Å². The SMILES string of the molecule is Cc1sc2c(c1C)c(=O)n(-c1cccc(Cl)c1)c(=O)n2CC(=O)Nc1ccc(F)cc1. The number of halogens is 2. The van der Waals surface area contributed by atoms with Gasteiger partial charge in [0.2, 0.25) is 5.91 Å². The standard InChI is InChI=1S/C22H17ClFN3O3S/c1-12-13(2)31-21-19(12)20(29)27(17-5-3-4-14(23)10-17)22(30)26(21)11-18(28)25-16-8-6-15(24)7-9-16/h3-10H,11H2,1-2H3,(H,25,28). The number of nitrogens with one attached hydrogen (secondary N) is 1. The molecule has 0 bridgehead atoms. The Kier molecular flexibility index (Phi) is 5.51. The zero-order chi connectivity index (χ0) is 22.3. The number of anilines is 1. The lowest BCUT2D eigenvalue weighted by molar-refractivity contribution is -0.116. The zero-order valence-corrected chi connectivity index (χ0v) is 18.2. The van der Waals surface area contributed by atoms with Crippen LogP contribution in [-0.4, -0.2) is 15.0 Å². The molecule has 0 unspecified atom stereocenters. The second-order valence-corrected chi connectivity index (χ2v) is 8.65. The van der Waals surface area contributed by atoms with E-state index in [2.05, 4.69) is 5.32 Å². The topological polar surface area (TPSA) is 73.1 Å². The number of hydrogen-bond acceptors (Lipinski definition) is 4. The predicted octanol–water partition coefficient (Wildman–Crippen LogP) is 4.26. The highest BCUT2D eigenvalue weighted by atomic mass is 35.5. The first kappa shape index (κ1) is 21.0. The second-order valence-electron chi connectivity index (χ2n) is 7.01. The van der Waals surface area contributed by atoms with Crippen molar-refractivity contribution >= 4 is 44.7 Å². The van der Waals surface area contributed by atoms with Crippen molar-refractivity contribution in [2.24, 2.45) is 0 Å². The molecule has 0 aliphatic carbocycles. The zero-order valence-electron chi connectivity index (χ0n) is 16.6. The summed E-state index contributed by atoms with van der Waals surface area (Å²) in [5, 5.41) is 3.41. The first-order valence-electron chi connectivity index (χ1n) is 9.33. The van der Waals surface area contributed by atoms with Crippen molar-refractivity contribution in [3.8, 4) is 5.69 Å². The number of rotatable bonds is 4. The third-order valence-electron chi connectivity index (χ3n) is 4.95. The smallest absolute Gasteiger partial charge is 0.325 e. The van der Waals surface area contributed by atoms with Gasteiger partial charge in [0.05, 0.1) is 11.1 Å². The number of hydrogen-bond donors (Lipinski definition) is 1. The van der Waals surface area contributed by atoms with Crippen LogP contribution in [0, 0.1) is 19.7 Å². The van der Waals surface area contributed by atoms with Gasteiger partial charge in [-0.2, -0.15) is 0 Å². The highest BCUT2D eigenvalue weighted by Crippen LogP contribution is 2.27. The Balaban J connectivity index is 1.87. The minimum absolute atomic E-state index is 0.313. The Bertz CT molecular complexity index is 1440. The van der Waals surface area contributed by atoms with Crippen LogP contribution >= 0.6 is 22.9 Å². The molecule has 0 spiro atoms. The van der Waals surface area contributed by atoms with E-state index in [1.807, 2.05) is 13.8 Å². The van der Waals surface area contributed by atoms with Crippen LogP contribution < -0.4 is 16.6 Å². The van der Waals surface area contributed by atoms with Crippen molar-refractivity contribution in [2.75, 3.05) is 5.32 Å². The molecule has 9 heteroatoms. The minimum Gasteiger partial charge on any atom is -0.325 e. The number of amides is 1. The number of aryl methyl sites for hydroxylation is 2. The molecule has 2 heterocycles. The highest BCUT2D eigenvalue weighted by Gasteiger charge is 2.21. The Morgan fingerprint density at radius 3 is 2.52 bits per heavy atom. The number of thiophene rings is 1. The van der Waals surface area contributed by atoms with E-state index < -0.39 is 23.0 Å². The van der Waals surface area contributed by atoms with Gasteiger partial charge in [-0.3, -0.25) is 14.2 Å². The van der Waals surface area contributed by atoms with E-state index in [1.54, 1.807) is 18.2 Å². The van der Waals surface area contributed by atoms with Crippen LogP contribution in [0.5, 0.6) is 0 Å². The molecule has 0 fully saturated rings. The lowest BCUT2D eigenvalue weighted by atomic mass is 10.2. The van der Waals surface area contributed by atoms with Gasteiger partial charge >= 0.3 is 5.69 Å². The number of aromatic nitrogens is 2. The van der Waals surface area contributed by atoms with Gasteiger partial charge in [0.1, 0.15) is 17.2 Å². The van der Waals surface area contributed by atoms with Crippen LogP contribution in [0.2, 0.25) is 5.02 Å². The largest absolute Gasteiger partial charge is 0.337 e. The maximum Gasteiger partial charge on any atom is 0.337 e. The van der Waals surface area contributed by atoms with Gasteiger partial charge < -0.3 is 5.32 Å². The van der Waals surface area contributed by atoms with Gasteiger partial charge in [0, 0.05) is 15.6 Å². The average Bonchev–Trinajstić information content (AvgIpc) is 3.02. The Labute approximate surface area is 185 Å². The summed E-state index contributed by atoms with van der Waals surface area (Å²) in [6.07, 6.45) is 0. The van der Waals surface area contributed by atoms with Crippen LogP contribution in [-0.2, 0) is 11.3 Å². The number of nitrogens with zero attached hydrogens (tertiary/aromatic N) is 2. The molecule has 158 valence electrons. The summed E-state index contributed by atoms with van der Waals surface area (Å²) in [4.78, 5) is 40.5. The predicted molar refractivity (Wildman–Crippen MR) is 121 cm³/mol. The molecule has 0 saturated heterocycles. The molecule has 0 aliphatic heterocycles. The van der Waals surface area contributed by atoms with Crippen molar-refractivity contribution in [3.63, 3.8) is 0 Å². The van der Waals surface area contributed by atoms with Crippen LogP contribution in [0.25, 0.3) is 15.9 Å². The highest BCUT2D eigenvalue weighted by molar-refractivity contribution is 7.18. The molecule has 1 amide bonds. The van der Waals surface area contributed by atoms with E-state index >= 15 is 0 Å². The summed E-state index contributed by atoms with van der Waals surface area (Å²) in [5.74, 6) is -0.899. The van der Waals surface area contributed by atoms with E-state index in [9.17, 15) is 18.8 Å². The van der Waals surface area contributed by atoms with Gasteiger partial charge in [-0.05, 0) is 61.9 Å². The molecule has 0 aliphatic rings. The van der Waals surface area contributed by atoms with Crippen LogP contribution in [0.4, 0.5) is 10.1 Å². The van der Waals surface area contributed by atoms with Gasteiger partial charge in [0.15, 0.2) is 0 Å². The van der Waals surface area contributed by atoms with E-state index in [4.69, 9.17) is 11.6 Å². The summed E-state index contributed by atoms with van der Waals surface area (Å²) >= 11 is 7.35. The van der Waals surface area contributed by atoms with Gasteiger partial charge in [-0.25, -0.2) is 13.8 Å². The van der Waals surface area contributed by atoms with Gasteiger partial charge in [-0.1, -0.05) is 17.7 Å². The quantitative estimate of drug-likeness (QED) is 0.497. The van der Waals surface area contributed by atoms with Crippen molar-refractivity contribution in [3.05, 3.63) is 90.6 Å². The lowest BCUT2D eigenvalue weighted by Crippen LogP contribution is -2.40. The molecule has 2 aromatic carbocycles. The molecular formula is C22H17ClFN3O3S. The molecular weight excluding hydrogens is 441 g/mol. The average molecular weight is 458 g/mol. The summed E-state index contributed by atoms with van der Waals surface area (Å²) < 4.78 is 15.4. The van der Waals surface area contributed by atoms with Crippen LogP contribution in [0.1, 0.15) is 10.4 Å². The monoisotopic (exact) mass is 457 g/mol. The van der Waals surface area contributed by atoms with Crippen molar-refractivity contribution in [2.45, 2.75) is 20.4 Å². The maximum atomic E-state index is 13.3. The number of benzene rings is 2. The first-order valence-corrected chi connectivity index (χ1v) is 10.5. The summed E-state index contributed by atoms with van der Waals surface area (Å²) in [6.45, 7) is 3.36. The third kappa shape index (κ3) is 3.92. The van der Waals surface area contributed by atoms with E-state index in [1.165, 1.54) is 46.2 Å². The van der Waals surface area contributed by atoms with Gasteiger partial charge in [0.25, 0.3) is 5.56 Å². The van der Waals surface area contributed by atoms with Crippen molar-refractivity contribution in [1.29, 1.82) is 0 Å². The first-order chi connectivity index (χ1) is 14.8. The Hall–Kier alpha value is -3.23. The van der Waals surface area contributed by atoms with E-state index in [0.717, 1.165) is 15.0 Å². The molecule has 6 nitrogen and oxygen atoms in total. The molecule has 4 rings (SSSR count). The van der Waals surface area contributed by atoms with Crippen molar-refractivity contribution in [1.82, 2.24) is 9.13 Å². The molecule has 4 aromatic rings. The van der Waals surface area contributed by atoms with E-state index in [-0.39, 0.29) is 6.54 Å². The molecule has 0 radical (unpaired) electrons. The lowest BCUT2D eigenvalue weighted by Gasteiger charge is -2.13. The summed E-state index contributed by atoms with van der Waals surface area (Å²) in [6, 6.07) is 11.7. The molecule has 0 atom stereocenters. The number of carbonyl (C=O) groups excluding carboxylic acids is 1. The normalized spacial score (nSPS) is 11.1. The fourth-order valence-corrected chi connectivity index (χ4v) is 4.64. The van der Waals surface area contributed by atoms with Crippen LogP contribution in [0.3, 0.4) is 0 Å². The summed E-state index contributed by atoms with van der Waals surface area (Å²) in [5.41, 5.74) is 0.376.